The van der Waals surface area contributed by atoms with Gasteiger partial charge in [0.15, 0.2) is 0 Å². The molecule has 110 valence electrons. The normalized spacial score (nSPS) is 11.9. The molecule has 0 amide bonds. The first-order valence-electron chi connectivity index (χ1n) is 7.22. The molecule has 0 aliphatic heterocycles. The van der Waals surface area contributed by atoms with E-state index in [2.05, 4.69) is 10.3 Å². The standard InChI is InChI=1S/C19H17FN2/c1-14-7-6-12-21-19(14)22-18(15-8-3-2-4-9-15)16-10-5-11-17(20)13-16/h2-13,18H,1H3,(H,21,22). The number of aromatic nitrogens is 1. The van der Waals surface area contributed by atoms with Crippen molar-refractivity contribution in [1.29, 1.82) is 0 Å². The van der Waals surface area contributed by atoms with Gasteiger partial charge in [0.1, 0.15) is 11.6 Å². The second-order valence-electron chi connectivity index (χ2n) is 5.21. The maximum absolute atomic E-state index is 13.6. The Kier molecular flexibility index (Phi) is 4.15. The van der Waals surface area contributed by atoms with Gasteiger partial charge in [-0.3, -0.25) is 0 Å². The Morgan fingerprint density at radius 1 is 0.909 bits per heavy atom. The minimum absolute atomic E-state index is 0.148. The molecule has 0 spiro atoms. The van der Waals surface area contributed by atoms with Gasteiger partial charge in [-0.05, 0) is 41.8 Å². The summed E-state index contributed by atoms with van der Waals surface area (Å²) in [6.07, 6.45) is 1.75. The summed E-state index contributed by atoms with van der Waals surface area (Å²) >= 11 is 0. The summed E-state index contributed by atoms with van der Waals surface area (Å²) in [4.78, 5) is 4.39. The van der Waals surface area contributed by atoms with Crippen molar-refractivity contribution in [2.75, 3.05) is 5.32 Å². The number of hydrogen-bond acceptors (Lipinski definition) is 2. The molecule has 0 saturated carbocycles. The highest BCUT2D eigenvalue weighted by atomic mass is 19.1. The number of nitrogens with zero attached hydrogens (tertiary/aromatic N) is 1. The Morgan fingerprint density at radius 3 is 2.41 bits per heavy atom. The quantitative estimate of drug-likeness (QED) is 0.752. The zero-order chi connectivity index (χ0) is 15.4. The molecule has 0 fully saturated rings. The molecule has 3 heteroatoms. The molecule has 0 aliphatic rings. The van der Waals surface area contributed by atoms with Crippen molar-refractivity contribution in [3.05, 3.63) is 95.4 Å². The van der Waals surface area contributed by atoms with Crippen LogP contribution in [0, 0.1) is 12.7 Å². The van der Waals surface area contributed by atoms with E-state index in [1.54, 1.807) is 18.3 Å². The summed E-state index contributed by atoms with van der Waals surface area (Å²) in [5.41, 5.74) is 2.99. The molecule has 1 atom stereocenters. The highest BCUT2D eigenvalue weighted by Gasteiger charge is 2.15. The van der Waals surface area contributed by atoms with Crippen molar-refractivity contribution < 1.29 is 4.39 Å². The third-order valence-corrected chi connectivity index (χ3v) is 3.61. The van der Waals surface area contributed by atoms with Gasteiger partial charge in [0.05, 0.1) is 6.04 Å². The lowest BCUT2D eigenvalue weighted by atomic mass is 9.98. The zero-order valence-electron chi connectivity index (χ0n) is 12.3. The second-order valence-corrected chi connectivity index (χ2v) is 5.21. The second kappa shape index (κ2) is 6.39. The van der Waals surface area contributed by atoms with Crippen molar-refractivity contribution >= 4 is 5.82 Å². The Hall–Kier alpha value is -2.68. The minimum Gasteiger partial charge on any atom is -0.359 e. The molecule has 1 N–H and O–H groups in total. The van der Waals surface area contributed by atoms with Crippen molar-refractivity contribution in [3.8, 4) is 0 Å². The van der Waals surface area contributed by atoms with Crippen molar-refractivity contribution in [1.82, 2.24) is 4.98 Å². The van der Waals surface area contributed by atoms with Crippen LogP contribution < -0.4 is 5.32 Å². The van der Waals surface area contributed by atoms with Gasteiger partial charge in [0.25, 0.3) is 0 Å². The van der Waals surface area contributed by atoms with Crippen LogP contribution in [0.5, 0.6) is 0 Å². The Morgan fingerprint density at radius 2 is 1.68 bits per heavy atom. The summed E-state index contributed by atoms with van der Waals surface area (Å²) < 4.78 is 13.6. The fourth-order valence-electron chi connectivity index (χ4n) is 2.46. The molecule has 3 aromatic rings. The van der Waals surface area contributed by atoms with E-state index >= 15 is 0 Å². The van der Waals surface area contributed by atoms with Gasteiger partial charge in [-0.1, -0.05) is 48.5 Å². The topological polar surface area (TPSA) is 24.9 Å². The first kappa shape index (κ1) is 14.3. The van der Waals surface area contributed by atoms with Gasteiger partial charge < -0.3 is 5.32 Å². The molecule has 22 heavy (non-hydrogen) atoms. The van der Waals surface area contributed by atoms with Crippen LogP contribution in [0.3, 0.4) is 0 Å². The van der Waals surface area contributed by atoms with Gasteiger partial charge >= 0.3 is 0 Å². The molecule has 2 nitrogen and oxygen atoms in total. The summed E-state index contributed by atoms with van der Waals surface area (Å²) in [5.74, 6) is 0.568. The average molecular weight is 292 g/mol. The molecular formula is C19H17FN2. The van der Waals surface area contributed by atoms with Crippen LogP contribution in [-0.2, 0) is 0 Å². The van der Waals surface area contributed by atoms with E-state index < -0.39 is 0 Å². The van der Waals surface area contributed by atoms with Crippen LogP contribution in [0.25, 0.3) is 0 Å². The SMILES string of the molecule is Cc1cccnc1NC(c1ccccc1)c1cccc(F)c1. The summed E-state index contributed by atoms with van der Waals surface area (Å²) in [7, 11) is 0. The minimum atomic E-state index is -0.238. The molecule has 0 radical (unpaired) electrons. The lowest BCUT2D eigenvalue weighted by Crippen LogP contribution is -2.14. The smallest absolute Gasteiger partial charge is 0.129 e. The average Bonchev–Trinajstić information content (AvgIpc) is 2.55. The Balaban J connectivity index is 2.02. The van der Waals surface area contributed by atoms with Crippen molar-refractivity contribution in [2.45, 2.75) is 13.0 Å². The maximum atomic E-state index is 13.6. The van der Waals surface area contributed by atoms with E-state index in [0.717, 1.165) is 22.5 Å². The van der Waals surface area contributed by atoms with Gasteiger partial charge in [0.2, 0.25) is 0 Å². The van der Waals surface area contributed by atoms with Gasteiger partial charge in [-0.25, -0.2) is 9.37 Å². The molecule has 0 saturated heterocycles. The van der Waals surface area contributed by atoms with Crippen LogP contribution in [0.2, 0.25) is 0 Å². The highest BCUT2D eigenvalue weighted by molar-refractivity contribution is 5.48. The third kappa shape index (κ3) is 3.14. The van der Waals surface area contributed by atoms with Crippen molar-refractivity contribution in [2.24, 2.45) is 0 Å². The molecule has 3 rings (SSSR count). The van der Waals surface area contributed by atoms with E-state index in [9.17, 15) is 4.39 Å². The zero-order valence-corrected chi connectivity index (χ0v) is 12.3. The van der Waals surface area contributed by atoms with Gasteiger partial charge in [0, 0.05) is 6.20 Å². The van der Waals surface area contributed by atoms with Crippen LogP contribution in [0.4, 0.5) is 10.2 Å². The van der Waals surface area contributed by atoms with Crippen LogP contribution in [0.1, 0.15) is 22.7 Å². The van der Waals surface area contributed by atoms with E-state index in [0.29, 0.717) is 0 Å². The van der Waals surface area contributed by atoms with E-state index in [1.807, 2.05) is 55.5 Å². The Labute approximate surface area is 129 Å². The lowest BCUT2D eigenvalue weighted by molar-refractivity contribution is 0.624. The number of rotatable bonds is 4. The maximum Gasteiger partial charge on any atom is 0.129 e. The number of pyridine rings is 1. The van der Waals surface area contributed by atoms with E-state index in [-0.39, 0.29) is 11.9 Å². The van der Waals surface area contributed by atoms with E-state index in [4.69, 9.17) is 0 Å². The van der Waals surface area contributed by atoms with E-state index in [1.165, 1.54) is 6.07 Å². The van der Waals surface area contributed by atoms with Crippen LogP contribution in [-0.4, -0.2) is 4.98 Å². The number of halogens is 1. The van der Waals surface area contributed by atoms with Gasteiger partial charge in [-0.15, -0.1) is 0 Å². The Bertz CT molecular complexity index is 756. The fraction of sp³-hybridized carbons (Fsp3) is 0.105. The number of anilines is 1. The van der Waals surface area contributed by atoms with Crippen LogP contribution >= 0.6 is 0 Å². The number of aryl methyl sites for hydroxylation is 1. The summed E-state index contributed by atoms with van der Waals surface area (Å²) in [5, 5.41) is 3.43. The summed E-state index contributed by atoms with van der Waals surface area (Å²) in [6.45, 7) is 2.00. The fourth-order valence-corrected chi connectivity index (χ4v) is 2.46. The highest BCUT2D eigenvalue weighted by Crippen LogP contribution is 2.27. The number of benzene rings is 2. The number of nitrogens with one attached hydrogen (secondary N) is 1. The molecule has 1 aromatic heterocycles. The summed E-state index contributed by atoms with van der Waals surface area (Å²) in [6, 6.07) is 20.4. The monoisotopic (exact) mass is 292 g/mol. The first-order chi connectivity index (χ1) is 10.7. The molecule has 1 unspecified atom stereocenters. The molecular weight excluding hydrogens is 275 g/mol. The predicted octanol–water partition coefficient (Wildman–Crippen LogP) is 4.73. The molecule has 0 bridgehead atoms. The van der Waals surface area contributed by atoms with Gasteiger partial charge in [-0.2, -0.15) is 0 Å². The molecule has 0 aliphatic carbocycles. The predicted molar refractivity (Wildman–Crippen MR) is 87.3 cm³/mol. The molecule has 2 aromatic carbocycles. The first-order valence-corrected chi connectivity index (χ1v) is 7.22. The lowest BCUT2D eigenvalue weighted by Gasteiger charge is -2.21. The van der Waals surface area contributed by atoms with Crippen LogP contribution in [0.15, 0.2) is 72.9 Å². The largest absolute Gasteiger partial charge is 0.359 e. The van der Waals surface area contributed by atoms with Crippen molar-refractivity contribution in [3.63, 3.8) is 0 Å². The third-order valence-electron chi connectivity index (χ3n) is 3.61. The number of hydrogen-bond donors (Lipinski definition) is 1. The molecule has 1 heterocycles.